The fourth-order valence-corrected chi connectivity index (χ4v) is 4.02. The summed E-state index contributed by atoms with van der Waals surface area (Å²) in [7, 11) is 0. The number of nitrogens with one attached hydrogen (secondary N) is 1. The minimum Gasteiger partial charge on any atom is -0.353 e. The summed E-state index contributed by atoms with van der Waals surface area (Å²) in [4.78, 5) is 28.4. The van der Waals surface area contributed by atoms with Gasteiger partial charge in [0.25, 0.3) is 5.91 Å². The Morgan fingerprint density at radius 3 is 2.32 bits per heavy atom. The van der Waals surface area contributed by atoms with Crippen molar-refractivity contribution in [2.24, 2.45) is 0 Å². The summed E-state index contributed by atoms with van der Waals surface area (Å²) >= 11 is 0. The van der Waals surface area contributed by atoms with Crippen LogP contribution in [-0.2, 0) is 17.5 Å². The van der Waals surface area contributed by atoms with Gasteiger partial charge in [0.15, 0.2) is 0 Å². The number of para-hydroxylation sites is 1. The maximum absolute atomic E-state index is 14.2. The van der Waals surface area contributed by atoms with Crippen LogP contribution in [-0.4, -0.2) is 22.4 Å². The van der Waals surface area contributed by atoms with E-state index in [-0.39, 0.29) is 17.9 Å². The normalized spacial score (nSPS) is 15.2. The van der Waals surface area contributed by atoms with Crippen LogP contribution in [0.2, 0.25) is 0 Å². The number of urea groups is 1. The lowest BCUT2D eigenvalue weighted by Gasteiger charge is -2.28. The van der Waals surface area contributed by atoms with Crippen LogP contribution in [0.1, 0.15) is 30.5 Å². The first-order valence-corrected chi connectivity index (χ1v) is 10.9. The number of hydrogen-bond acceptors (Lipinski definition) is 4. The Balaban J connectivity index is 1.68. The van der Waals surface area contributed by atoms with Gasteiger partial charge in [-0.3, -0.25) is 4.79 Å². The maximum Gasteiger partial charge on any atom is 0.417 e. The summed E-state index contributed by atoms with van der Waals surface area (Å²) in [6.45, 7) is 2.76. The molecule has 1 N–H and O–H groups in total. The molecule has 0 saturated carbocycles. The van der Waals surface area contributed by atoms with Crippen LogP contribution >= 0.6 is 0 Å². The van der Waals surface area contributed by atoms with E-state index in [4.69, 9.17) is 5.26 Å². The van der Waals surface area contributed by atoms with Crippen molar-refractivity contribution in [3.63, 3.8) is 0 Å². The third-order valence-corrected chi connectivity index (χ3v) is 6.06. The summed E-state index contributed by atoms with van der Waals surface area (Å²) in [5.74, 6) is -2.35. The number of hydrogen-bond donors (Lipinski definition) is 1. The lowest BCUT2D eigenvalue weighted by molar-refractivity contribution is -0.137. The number of carbonyl (C=O) groups is 2. The highest BCUT2D eigenvalue weighted by molar-refractivity contribution is 6.23. The fourth-order valence-electron chi connectivity index (χ4n) is 4.02. The van der Waals surface area contributed by atoms with Crippen LogP contribution in [0.5, 0.6) is 0 Å². The van der Waals surface area contributed by atoms with Crippen molar-refractivity contribution in [2.45, 2.75) is 32.1 Å². The van der Waals surface area contributed by atoms with E-state index < -0.39 is 46.4 Å². The smallest absolute Gasteiger partial charge is 0.353 e. The molecule has 1 saturated heterocycles. The summed E-state index contributed by atoms with van der Waals surface area (Å²) in [6, 6.07) is 12.7. The second-order valence-electron chi connectivity index (χ2n) is 8.81. The molecule has 1 fully saturated rings. The van der Waals surface area contributed by atoms with Crippen LogP contribution in [0.15, 0.2) is 60.7 Å². The SMILES string of the molecule is CC1(C)C(=O)N(c2ccc(C#N)c(C(F)(F)F)c2)C(=O)N1Cc1ccccc1Nc1ccc(F)cc1F. The Kier molecular flexibility index (Phi) is 6.37. The van der Waals surface area contributed by atoms with E-state index in [2.05, 4.69) is 5.32 Å². The van der Waals surface area contributed by atoms with Crippen molar-refractivity contribution in [1.29, 1.82) is 5.26 Å². The van der Waals surface area contributed by atoms with Gasteiger partial charge < -0.3 is 10.2 Å². The highest BCUT2D eigenvalue weighted by atomic mass is 19.4. The number of nitriles is 1. The molecule has 3 aromatic rings. The quantitative estimate of drug-likeness (QED) is 0.318. The van der Waals surface area contributed by atoms with Gasteiger partial charge in [0.05, 0.1) is 35.1 Å². The Morgan fingerprint density at radius 1 is 0.973 bits per heavy atom. The zero-order valence-corrected chi connectivity index (χ0v) is 19.5. The zero-order valence-electron chi connectivity index (χ0n) is 19.5. The van der Waals surface area contributed by atoms with Gasteiger partial charge in [0, 0.05) is 11.8 Å². The maximum atomic E-state index is 14.2. The van der Waals surface area contributed by atoms with Gasteiger partial charge in [-0.15, -0.1) is 0 Å². The first-order chi connectivity index (χ1) is 17.3. The second kappa shape index (κ2) is 9.20. The number of imide groups is 1. The lowest BCUT2D eigenvalue weighted by Crippen LogP contribution is -2.43. The Morgan fingerprint density at radius 2 is 1.68 bits per heavy atom. The van der Waals surface area contributed by atoms with Crippen LogP contribution in [0, 0.1) is 23.0 Å². The van der Waals surface area contributed by atoms with E-state index in [1.54, 1.807) is 24.3 Å². The third kappa shape index (κ3) is 4.70. The van der Waals surface area contributed by atoms with Crippen molar-refractivity contribution in [1.82, 2.24) is 4.90 Å². The molecular formula is C26H19F5N4O2. The molecule has 1 heterocycles. The van der Waals surface area contributed by atoms with Crippen molar-refractivity contribution in [3.8, 4) is 6.07 Å². The molecule has 190 valence electrons. The van der Waals surface area contributed by atoms with Gasteiger partial charge in [-0.05, 0) is 55.8 Å². The molecule has 0 atom stereocenters. The van der Waals surface area contributed by atoms with Gasteiger partial charge in [0.1, 0.15) is 17.2 Å². The Hall–Kier alpha value is -4.46. The number of alkyl halides is 3. The van der Waals surface area contributed by atoms with Crippen molar-refractivity contribution >= 4 is 29.0 Å². The molecule has 0 bridgehead atoms. The molecule has 3 aromatic carbocycles. The van der Waals surface area contributed by atoms with Crippen LogP contribution in [0.4, 0.5) is 43.8 Å². The average molecular weight is 514 g/mol. The first-order valence-electron chi connectivity index (χ1n) is 10.9. The molecular weight excluding hydrogens is 495 g/mol. The Labute approximate surface area is 208 Å². The monoisotopic (exact) mass is 514 g/mol. The molecule has 0 radical (unpaired) electrons. The van der Waals surface area contributed by atoms with Gasteiger partial charge in [-0.25, -0.2) is 18.5 Å². The van der Waals surface area contributed by atoms with Crippen molar-refractivity contribution in [3.05, 3.63) is 89.0 Å². The van der Waals surface area contributed by atoms with E-state index in [9.17, 15) is 31.5 Å². The summed E-state index contributed by atoms with van der Waals surface area (Å²) in [6.07, 6.45) is -4.87. The molecule has 3 amide bonds. The van der Waals surface area contributed by atoms with E-state index in [0.29, 0.717) is 28.3 Å². The predicted molar refractivity (Wildman–Crippen MR) is 125 cm³/mol. The van der Waals surface area contributed by atoms with Gasteiger partial charge in [-0.2, -0.15) is 18.4 Å². The van der Waals surface area contributed by atoms with Crippen molar-refractivity contribution < 1.29 is 31.5 Å². The Bertz CT molecular complexity index is 1450. The lowest BCUT2D eigenvalue weighted by atomic mass is 10.0. The van der Waals surface area contributed by atoms with E-state index in [1.807, 2.05) is 0 Å². The molecule has 6 nitrogen and oxygen atoms in total. The molecule has 37 heavy (non-hydrogen) atoms. The number of rotatable bonds is 5. The molecule has 0 aromatic heterocycles. The molecule has 0 unspecified atom stereocenters. The van der Waals surface area contributed by atoms with Crippen LogP contribution < -0.4 is 10.2 Å². The molecule has 1 aliphatic rings. The molecule has 4 rings (SSSR count). The second-order valence-corrected chi connectivity index (χ2v) is 8.81. The van der Waals surface area contributed by atoms with Crippen LogP contribution in [0.25, 0.3) is 0 Å². The first kappa shape index (κ1) is 25.6. The summed E-state index contributed by atoms with van der Waals surface area (Å²) < 4.78 is 67.9. The largest absolute Gasteiger partial charge is 0.417 e. The summed E-state index contributed by atoms with van der Waals surface area (Å²) in [5.41, 5.74) is -2.84. The number of halogens is 5. The number of amides is 3. The standard InChI is InChI=1S/C26H19F5N4O2/c1-25(2)23(36)35(18-9-7-15(13-32)19(12-18)26(29,30)31)24(37)34(25)14-16-5-3-4-6-21(16)33-22-10-8-17(27)11-20(22)28/h3-12,33H,14H2,1-2H3. The van der Waals surface area contributed by atoms with E-state index >= 15 is 0 Å². The van der Waals surface area contributed by atoms with Gasteiger partial charge in [0.2, 0.25) is 0 Å². The van der Waals surface area contributed by atoms with Crippen molar-refractivity contribution in [2.75, 3.05) is 10.2 Å². The fraction of sp³-hybridized carbons (Fsp3) is 0.192. The van der Waals surface area contributed by atoms with Crippen LogP contribution in [0.3, 0.4) is 0 Å². The highest BCUT2D eigenvalue weighted by Gasteiger charge is 2.52. The number of benzene rings is 3. The van der Waals surface area contributed by atoms with Gasteiger partial charge in [-0.1, -0.05) is 18.2 Å². The molecule has 1 aliphatic heterocycles. The van der Waals surface area contributed by atoms with Gasteiger partial charge >= 0.3 is 12.2 Å². The zero-order chi connectivity index (χ0) is 27.1. The van der Waals surface area contributed by atoms with E-state index in [0.717, 1.165) is 18.2 Å². The summed E-state index contributed by atoms with van der Waals surface area (Å²) in [5, 5.41) is 11.9. The number of anilines is 3. The minimum absolute atomic E-state index is 0.0178. The highest BCUT2D eigenvalue weighted by Crippen LogP contribution is 2.38. The molecule has 0 aliphatic carbocycles. The third-order valence-electron chi connectivity index (χ3n) is 6.06. The topological polar surface area (TPSA) is 76.4 Å². The predicted octanol–water partition coefficient (Wildman–Crippen LogP) is 6.35. The van der Waals surface area contributed by atoms with E-state index in [1.165, 1.54) is 30.9 Å². The molecule has 0 spiro atoms. The molecule has 11 heteroatoms. The number of nitrogens with zero attached hydrogens (tertiary/aromatic N) is 3. The average Bonchev–Trinajstić information content (AvgIpc) is 3.00. The number of carbonyl (C=O) groups excluding carboxylic acids is 2. The minimum atomic E-state index is -4.87.